The molecule has 0 aliphatic carbocycles. The summed E-state index contributed by atoms with van der Waals surface area (Å²) in [5.74, 6) is 0.941. The highest BCUT2D eigenvalue weighted by atomic mass is 16.5. The fraction of sp³-hybridized carbons (Fsp3) is 0.238. The van der Waals surface area contributed by atoms with Gasteiger partial charge in [0, 0.05) is 20.0 Å². The van der Waals surface area contributed by atoms with Crippen molar-refractivity contribution in [3.63, 3.8) is 0 Å². The van der Waals surface area contributed by atoms with Crippen LogP contribution in [0.25, 0.3) is 5.57 Å². The molecule has 0 saturated heterocycles. The monoisotopic (exact) mass is 332 g/mol. The highest BCUT2D eigenvalue weighted by molar-refractivity contribution is 5.76. The summed E-state index contributed by atoms with van der Waals surface area (Å²) >= 11 is 0. The summed E-state index contributed by atoms with van der Waals surface area (Å²) in [4.78, 5) is 13.2. The lowest BCUT2D eigenvalue weighted by Crippen LogP contribution is -2.32. The van der Waals surface area contributed by atoms with Crippen LogP contribution in [-0.4, -0.2) is 23.9 Å². The van der Waals surface area contributed by atoms with Crippen LogP contribution in [0.1, 0.15) is 30.0 Å². The number of hydrogen-bond acceptors (Lipinski definition) is 3. The zero-order valence-electron chi connectivity index (χ0n) is 14.2. The van der Waals surface area contributed by atoms with E-state index >= 15 is 0 Å². The molecule has 25 heavy (non-hydrogen) atoms. The molecule has 1 heterocycles. The topological polar surface area (TPSA) is 53.3 Å². The van der Waals surface area contributed by atoms with Crippen LogP contribution < -0.4 is 4.74 Å². The lowest BCUT2D eigenvalue weighted by atomic mass is 9.99. The van der Waals surface area contributed by atoms with Gasteiger partial charge in [0.1, 0.15) is 12.4 Å². The number of ether oxygens (including phenoxy) is 1. The van der Waals surface area contributed by atoms with Gasteiger partial charge in [0.15, 0.2) is 0 Å². The van der Waals surface area contributed by atoms with Crippen LogP contribution in [0, 0.1) is 11.3 Å². The largest absolute Gasteiger partial charge is 0.489 e. The average molecular weight is 332 g/mol. The van der Waals surface area contributed by atoms with Crippen LogP contribution in [-0.2, 0) is 11.4 Å². The summed E-state index contributed by atoms with van der Waals surface area (Å²) < 4.78 is 5.80. The maximum Gasteiger partial charge on any atom is 0.219 e. The molecule has 0 atom stereocenters. The van der Waals surface area contributed by atoms with Crippen molar-refractivity contribution in [3.05, 3.63) is 71.3 Å². The third kappa shape index (κ3) is 4.27. The van der Waals surface area contributed by atoms with Gasteiger partial charge >= 0.3 is 0 Å². The quantitative estimate of drug-likeness (QED) is 0.856. The van der Waals surface area contributed by atoms with E-state index in [-0.39, 0.29) is 5.91 Å². The molecular formula is C21H20N2O2. The molecule has 4 nitrogen and oxygen atoms in total. The van der Waals surface area contributed by atoms with Crippen molar-refractivity contribution >= 4 is 11.5 Å². The fourth-order valence-electron chi connectivity index (χ4n) is 2.82. The predicted molar refractivity (Wildman–Crippen MR) is 96.8 cm³/mol. The van der Waals surface area contributed by atoms with E-state index in [1.54, 1.807) is 19.1 Å². The first-order valence-corrected chi connectivity index (χ1v) is 8.32. The lowest BCUT2D eigenvalue weighted by molar-refractivity contribution is -0.128. The number of carbonyl (C=O) groups is 1. The molecule has 0 unspecified atom stereocenters. The highest BCUT2D eigenvalue weighted by Crippen LogP contribution is 2.24. The minimum Gasteiger partial charge on any atom is -0.489 e. The Morgan fingerprint density at radius 3 is 2.44 bits per heavy atom. The molecule has 1 amide bonds. The number of carbonyl (C=O) groups excluding carboxylic acids is 1. The Balaban J connectivity index is 1.59. The molecule has 0 fully saturated rings. The van der Waals surface area contributed by atoms with Gasteiger partial charge in [0.05, 0.1) is 11.6 Å². The van der Waals surface area contributed by atoms with Crippen LogP contribution >= 0.6 is 0 Å². The van der Waals surface area contributed by atoms with Gasteiger partial charge in [0.2, 0.25) is 5.91 Å². The number of hydrogen-bond donors (Lipinski definition) is 0. The molecule has 1 aliphatic heterocycles. The summed E-state index contributed by atoms with van der Waals surface area (Å²) in [6.07, 6.45) is 3.00. The minimum absolute atomic E-state index is 0.127. The predicted octanol–water partition coefficient (Wildman–Crippen LogP) is 3.77. The summed E-state index contributed by atoms with van der Waals surface area (Å²) in [5, 5.41) is 8.81. The van der Waals surface area contributed by atoms with E-state index in [4.69, 9.17) is 10.00 Å². The molecule has 2 aromatic carbocycles. The molecule has 4 heteroatoms. The molecular weight excluding hydrogens is 312 g/mol. The molecule has 0 aromatic heterocycles. The van der Waals surface area contributed by atoms with Crippen molar-refractivity contribution in [2.75, 3.05) is 13.1 Å². The van der Waals surface area contributed by atoms with Crippen molar-refractivity contribution in [2.24, 2.45) is 0 Å². The Bertz CT molecular complexity index is 814. The molecule has 0 radical (unpaired) electrons. The van der Waals surface area contributed by atoms with Crippen molar-refractivity contribution in [2.45, 2.75) is 20.0 Å². The van der Waals surface area contributed by atoms with Crippen LogP contribution in [0.5, 0.6) is 5.75 Å². The first-order valence-electron chi connectivity index (χ1n) is 8.32. The van der Waals surface area contributed by atoms with Crippen molar-refractivity contribution in [1.29, 1.82) is 5.26 Å². The Labute approximate surface area is 148 Å². The molecule has 0 saturated carbocycles. The van der Waals surface area contributed by atoms with Crippen LogP contribution in [0.3, 0.4) is 0 Å². The van der Waals surface area contributed by atoms with Gasteiger partial charge < -0.3 is 9.64 Å². The number of benzene rings is 2. The number of nitrogens with zero attached hydrogens (tertiary/aromatic N) is 2. The molecule has 126 valence electrons. The van der Waals surface area contributed by atoms with Gasteiger partial charge in [-0.05, 0) is 47.4 Å². The number of amides is 1. The number of nitriles is 1. The van der Waals surface area contributed by atoms with E-state index in [9.17, 15) is 4.79 Å². The van der Waals surface area contributed by atoms with E-state index in [0.29, 0.717) is 18.7 Å². The standard InChI is InChI=1S/C21H20N2O2/c1-16(24)23-12-10-20(11-13-23)19-6-8-21(9-7-19)25-15-18-4-2-17(14-22)3-5-18/h2-10H,11-13,15H2,1H3. The van der Waals surface area contributed by atoms with Crippen LogP contribution in [0.4, 0.5) is 0 Å². The second-order valence-electron chi connectivity index (χ2n) is 6.07. The molecule has 1 aliphatic rings. The van der Waals surface area contributed by atoms with Gasteiger partial charge in [-0.1, -0.05) is 30.3 Å². The van der Waals surface area contributed by atoms with Gasteiger partial charge in [-0.3, -0.25) is 4.79 Å². The first-order chi connectivity index (χ1) is 12.2. The zero-order chi connectivity index (χ0) is 17.6. The molecule has 0 N–H and O–H groups in total. The maximum absolute atomic E-state index is 11.4. The van der Waals surface area contributed by atoms with Crippen molar-refractivity contribution in [1.82, 2.24) is 4.90 Å². The average Bonchev–Trinajstić information content (AvgIpc) is 2.67. The Morgan fingerprint density at radius 2 is 1.88 bits per heavy atom. The first kappa shape index (κ1) is 16.8. The summed E-state index contributed by atoms with van der Waals surface area (Å²) in [5.41, 5.74) is 4.13. The molecule has 0 spiro atoms. The Morgan fingerprint density at radius 1 is 1.16 bits per heavy atom. The second kappa shape index (κ2) is 7.67. The van der Waals surface area contributed by atoms with Gasteiger partial charge in [-0.2, -0.15) is 5.26 Å². The Hall–Kier alpha value is -3.06. The van der Waals surface area contributed by atoms with Gasteiger partial charge in [-0.15, -0.1) is 0 Å². The third-order valence-electron chi connectivity index (χ3n) is 4.37. The highest BCUT2D eigenvalue weighted by Gasteiger charge is 2.14. The van der Waals surface area contributed by atoms with E-state index in [1.807, 2.05) is 29.2 Å². The van der Waals surface area contributed by atoms with Crippen molar-refractivity contribution in [3.8, 4) is 11.8 Å². The van der Waals surface area contributed by atoms with Crippen LogP contribution in [0.2, 0.25) is 0 Å². The smallest absolute Gasteiger partial charge is 0.219 e. The molecule has 0 bridgehead atoms. The normalized spacial score (nSPS) is 13.8. The lowest BCUT2D eigenvalue weighted by Gasteiger charge is -2.25. The summed E-state index contributed by atoms with van der Waals surface area (Å²) in [6, 6.07) is 17.6. The van der Waals surface area contributed by atoms with E-state index < -0.39 is 0 Å². The van der Waals surface area contributed by atoms with Gasteiger partial charge in [0.25, 0.3) is 0 Å². The molecule has 3 rings (SSSR count). The SMILES string of the molecule is CC(=O)N1CC=C(c2ccc(OCc3ccc(C#N)cc3)cc2)CC1. The van der Waals surface area contributed by atoms with Crippen LogP contribution in [0.15, 0.2) is 54.6 Å². The zero-order valence-corrected chi connectivity index (χ0v) is 14.2. The summed E-state index contributed by atoms with van der Waals surface area (Å²) in [7, 11) is 0. The molecule has 2 aromatic rings. The van der Waals surface area contributed by atoms with E-state index in [0.717, 1.165) is 24.3 Å². The minimum atomic E-state index is 0.127. The van der Waals surface area contributed by atoms with E-state index in [1.165, 1.54) is 11.1 Å². The third-order valence-corrected chi connectivity index (χ3v) is 4.37. The van der Waals surface area contributed by atoms with Crippen molar-refractivity contribution < 1.29 is 9.53 Å². The Kier molecular flexibility index (Phi) is 5.15. The second-order valence-corrected chi connectivity index (χ2v) is 6.07. The number of rotatable bonds is 4. The van der Waals surface area contributed by atoms with Gasteiger partial charge in [-0.25, -0.2) is 0 Å². The maximum atomic E-state index is 11.4. The van der Waals surface area contributed by atoms with E-state index in [2.05, 4.69) is 24.3 Å². The summed E-state index contributed by atoms with van der Waals surface area (Å²) in [6.45, 7) is 3.54. The fourth-order valence-corrected chi connectivity index (χ4v) is 2.82.